The summed E-state index contributed by atoms with van der Waals surface area (Å²) in [5, 5.41) is 1.34. The highest BCUT2D eigenvalue weighted by Crippen LogP contribution is 2.35. The molecule has 22 heavy (non-hydrogen) atoms. The molecule has 114 valence electrons. The first kappa shape index (κ1) is 15.6. The third-order valence-electron chi connectivity index (χ3n) is 3.82. The number of pyridine rings is 1. The molecule has 1 fully saturated rings. The largest absolute Gasteiger partial charge is 0.332 e. The predicted molar refractivity (Wildman–Crippen MR) is 88.7 cm³/mol. The number of carbonyl (C=O) groups excluding carboxylic acids is 1. The highest BCUT2D eigenvalue weighted by molar-refractivity contribution is 6.42. The minimum atomic E-state index is -0.0436. The normalized spacial score (nSPS) is 17.8. The first-order valence-corrected chi connectivity index (χ1v) is 8.07. The number of hydrogen-bond acceptors (Lipinski definition) is 2. The molecule has 0 radical (unpaired) electrons. The Kier molecular flexibility index (Phi) is 4.57. The number of aromatic nitrogens is 1. The molecular formula is C16H13Cl3N2O. The molecule has 2 aromatic rings. The van der Waals surface area contributed by atoms with Crippen LogP contribution in [0.2, 0.25) is 15.2 Å². The van der Waals surface area contributed by atoms with Crippen LogP contribution in [0.5, 0.6) is 0 Å². The zero-order chi connectivity index (χ0) is 15.7. The lowest BCUT2D eigenvalue weighted by Gasteiger charge is -2.25. The third-order valence-corrected chi connectivity index (χ3v) is 4.76. The van der Waals surface area contributed by atoms with Gasteiger partial charge in [0.1, 0.15) is 5.15 Å². The molecule has 0 saturated carbocycles. The van der Waals surface area contributed by atoms with E-state index >= 15 is 0 Å². The summed E-state index contributed by atoms with van der Waals surface area (Å²) in [5.41, 5.74) is 1.55. The van der Waals surface area contributed by atoms with E-state index in [9.17, 15) is 4.79 Å². The number of nitrogens with zero attached hydrogens (tertiary/aromatic N) is 2. The van der Waals surface area contributed by atoms with Crippen molar-refractivity contribution in [3.8, 4) is 0 Å². The van der Waals surface area contributed by atoms with Crippen LogP contribution in [0.3, 0.4) is 0 Å². The minimum Gasteiger partial charge on any atom is -0.332 e. The Morgan fingerprint density at radius 1 is 1.14 bits per heavy atom. The van der Waals surface area contributed by atoms with Crippen LogP contribution >= 0.6 is 34.8 Å². The molecule has 1 aliphatic heterocycles. The third kappa shape index (κ3) is 3.07. The fraction of sp³-hybridized carbons (Fsp3) is 0.250. The molecule has 1 saturated heterocycles. The molecule has 1 aliphatic rings. The van der Waals surface area contributed by atoms with Gasteiger partial charge in [-0.15, -0.1) is 0 Å². The van der Waals surface area contributed by atoms with Crippen LogP contribution in [0.4, 0.5) is 0 Å². The van der Waals surface area contributed by atoms with E-state index in [1.807, 2.05) is 17.0 Å². The first-order valence-electron chi connectivity index (χ1n) is 6.94. The van der Waals surface area contributed by atoms with Gasteiger partial charge in [-0.05, 0) is 42.7 Å². The summed E-state index contributed by atoms with van der Waals surface area (Å²) in [6.45, 7) is 0.712. The molecule has 2 heterocycles. The van der Waals surface area contributed by atoms with Gasteiger partial charge >= 0.3 is 0 Å². The predicted octanol–water partition coefficient (Wildman–Crippen LogP) is 5.02. The van der Waals surface area contributed by atoms with Crippen LogP contribution in [0.25, 0.3) is 0 Å². The van der Waals surface area contributed by atoms with Gasteiger partial charge in [0, 0.05) is 18.3 Å². The Hall–Kier alpha value is -1.29. The van der Waals surface area contributed by atoms with Crippen LogP contribution in [0.15, 0.2) is 36.5 Å². The summed E-state index contributed by atoms with van der Waals surface area (Å²) in [6.07, 6.45) is 3.40. The van der Waals surface area contributed by atoms with Crippen LogP contribution in [0.1, 0.15) is 34.8 Å². The van der Waals surface area contributed by atoms with Crippen molar-refractivity contribution in [2.24, 2.45) is 0 Å². The van der Waals surface area contributed by atoms with Gasteiger partial charge in [-0.2, -0.15) is 0 Å². The molecule has 0 bridgehead atoms. The zero-order valence-electron chi connectivity index (χ0n) is 11.6. The molecular weight excluding hydrogens is 343 g/mol. The van der Waals surface area contributed by atoms with Gasteiger partial charge in [-0.3, -0.25) is 4.79 Å². The number of amides is 1. The molecule has 1 aromatic heterocycles. The van der Waals surface area contributed by atoms with Crippen LogP contribution < -0.4 is 0 Å². The van der Waals surface area contributed by atoms with E-state index in [0.29, 0.717) is 27.3 Å². The number of likely N-dealkylation sites (tertiary alicyclic amines) is 1. The highest BCUT2D eigenvalue weighted by atomic mass is 35.5. The second-order valence-electron chi connectivity index (χ2n) is 5.20. The Balaban J connectivity index is 1.89. The topological polar surface area (TPSA) is 33.2 Å². The van der Waals surface area contributed by atoms with E-state index in [-0.39, 0.29) is 11.9 Å². The van der Waals surface area contributed by atoms with Gasteiger partial charge in [-0.1, -0.05) is 40.9 Å². The average molecular weight is 356 g/mol. The number of benzene rings is 1. The molecule has 6 heteroatoms. The van der Waals surface area contributed by atoms with Crippen molar-refractivity contribution in [1.29, 1.82) is 0 Å². The Morgan fingerprint density at radius 2 is 1.95 bits per heavy atom. The molecule has 1 atom stereocenters. The molecule has 1 aromatic carbocycles. The van der Waals surface area contributed by atoms with Gasteiger partial charge < -0.3 is 4.90 Å². The summed E-state index contributed by atoms with van der Waals surface area (Å²) in [5.74, 6) is -0.0436. The van der Waals surface area contributed by atoms with E-state index in [1.165, 1.54) is 0 Å². The molecule has 0 aliphatic carbocycles. The van der Waals surface area contributed by atoms with Crippen molar-refractivity contribution < 1.29 is 4.79 Å². The maximum absolute atomic E-state index is 12.7. The fourth-order valence-corrected chi connectivity index (χ4v) is 3.26. The lowest BCUT2D eigenvalue weighted by atomic mass is 10.0. The molecule has 0 N–H and O–H groups in total. The van der Waals surface area contributed by atoms with Crippen molar-refractivity contribution in [2.45, 2.75) is 18.9 Å². The summed E-state index contributed by atoms with van der Waals surface area (Å²) in [4.78, 5) is 18.5. The number of hydrogen-bond donors (Lipinski definition) is 0. The summed E-state index contributed by atoms with van der Waals surface area (Å²) >= 11 is 17.9. The van der Waals surface area contributed by atoms with Crippen LogP contribution in [0, 0.1) is 0 Å². The molecule has 1 unspecified atom stereocenters. The van der Waals surface area contributed by atoms with E-state index in [2.05, 4.69) is 4.98 Å². The van der Waals surface area contributed by atoms with Crippen LogP contribution in [-0.4, -0.2) is 22.3 Å². The molecule has 3 rings (SSSR count). The van der Waals surface area contributed by atoms with Crippen molar-refractivity contribution in [3.05, 3.63) is 62.9 Å². The van der Waals surface area contributed by atoms with E-state index in [0.717, 1.165) is 18.4 Å². The molecule has 3 nitrogen and oxygen atoms in total. The second-order valence-corrected chi connectivity index (χ2v) is 6.40. The van der Waals surface area contributed by atoms with Gasteiger partial charge in [0.15, 0.2) is 0 Å². The highest BCUT2D eigenvalue weighted by Gasteiger charge is 2.31. The quantitative estimate of drug-likeness (QED) is 0.709. The Bertz CT molecular complexity index is 720. The summed E-state index contributed by atoms with van der Waals surface area (Å²) < 4.78 is 0. The van der Waals surface area contributed by atoms with Crippen LogP contribution in [-0.2, 0) is 0 Å². The van der Waals surface area contributed by atoms with Crippen molar-refractivity contribution in [1.82, 2.24) is 9.88 Å². The van der Waals surface area contributed by atoms with Gasteiger partial charge in [-0.25, -0.2) is 4.98 Å². The zero-order valence-corrected chi connectivity index (χ0v) is 13.9. The maximum atomic E-state index is 12.7. The molecule has 0 spiro atoms. The maximum Gasteiger partial charge on any atom is 0.254 e. The Labute approximate surface area is 143 Å². The van der Waals surface area contributed by atoms with Crippen molar-refractivity contribution in [2.75, 3.05) is 6.54 Å². The summed E-state index contributed by atoms with van der Waals surface area (Å²) in [7, 11) is 0. The smallest absolute Gasteiger partial charge is 0.254 e. The number of halogens is 3. The standard InChI is InChI=1S/C16H13Cl3N2O/c17-12-4-3-10(8-13(12)18)14-2-1-7-21(14)16(22)11-5-6-20-15(19)9-11/h3-6,8-9,14H,1-2,7H2. The van der Waals surface area contributed by atoms with E-state index in [4.69, 9.17) is 34.8 Å². The fourth-order valence-electron chi connectivity index (χ4n) is 2.78. The lowest BCUT2D eigenvalue weighted by molar-refractivity contribution is 0.0735. The minimum absolute atomic E-state index is 0.00853. The van der Waals surface area contributed by atoms with Gasteiger partial charge in [0.25, 0.3) is 5.91 Å². The second kappa shape index (κ2) is 6.45. The molecule has 1 amide bonds. The van der Waals surface area contributed by atoms with Crippen molar-refractivity contribution in [3.63, 3.8) is 0 Å². The van der Waals surface area contributed by atoms with Gasteiger partial charge in [0.05, 0.1) is 16.1 Å². The summed E-state index contributed by atoms with van der Waals surface area (Å²) in [6, 6.07) is 8.80. The Morgan fingerprint density at radius 3 is 2.68 bits per heavy atom. The average Bonchev–Trinajstić information content (AvgIpc) is 2.98. The van der Waals surface area contributed by atoms with E-state index < -0.39 is 0 Å². The first-order chi connectivity index (χ1) is 10.6. The van der Waals surface area contributed by atoms with E-state index in [1.54, 1.807) is 24.4 Å². The van der Waals surface area contributed by atoms with Crippen molar-refractivity contribution >= 4 is 40.7 Å². The number of rotatable bonds is 2. The monoisotopic (exact) mass is 354 g/mol. The number of carbonyl (C=O) groups is 1. The SMILES string of the molecule is O=C(c1ccnc(Cl)c1)N1CCCC1c1ccc(Cl)c(Cl)c1. The van der Waals surface area contributed by atoms with Gasteiger partial charge in [0.2, 0.25) is 0 Å². The lowest BCUT2D eigenvalue weighted by Crippen LogP contribution is -2.30.